The minimum Gasteiger partial charge on any atom is -0.508 e. The standard InChI is InChI=1S/C26H38O7Si2/c1-19(15-31-25(29)21-7-11-23(27)12-8-21)17-34(3,4)33-35(5,6)18-20(2)16-32-26(30)22-9-13-24(28)14-10-22/h7-14,19-20,27-28H,15-18H2,1-6H3. The molecule has 0 aromatic heterocycles. The van der Waals surface area contributed by atoms with Crippen molar-refractivity contribution in [1.29, 1.82) is 0 Å². The van der Waals surface area contributed by atoms with Crippen molar-refractivity contribution in [2.24, 2.45) is 11.8 Å². The average Bonchev–Trinajstić information content (AvgIpc) is 2.75. The predicted octanol–water partition coefficient (Wildman–Crippen LogP) is 5.81. The third kappa shape index (κ3) is 10.3. The number of benzene rings is 2. The summed E-state index contributed by atoms with van der Waals surface area (Å²) in [7, 11) is -4.05. The van der Waals surface area contributed by atoms with E-state index in [1.807, 2.05) is 0 Å². The fraction of sp³-hybridized carbons (Fsp3) is 0.462. The number of phenolic OH excluding ortho intramolecular Hbond substituents is 2. The first-order chi connectivity index (χ1) is 16.3. The molecule has 0 fully saturated rings. The van der Waals surface area contributed by atoms with Crippen molar-refractivity contribution in [2.75, 3.05) is 13.2 Å². The number of aromatic hydroxyl groups is 2. The maximum absolute atomic E-state index is 12.2. The van der Waals surface area contributed by atoms with Crippen LogP contribution in [0.5, 0.6) is 11.5 Å². The molecule has 0 aliphatic heterocycles. The molecule has 7 nitrogen and oxygen atoms in total. The van der Waals surface area contributed by atoms with Gasteiger partial charge in [0.1, 0.15) is 11.5 Å². The van der Waals surface area contributed by atoms with Crippen molar-refractivity contribution >= 4 is 28.6 Å². The zero-order valence-corrected chi connectivity index (χ0v) is 23.5. The Morgan fingerprint density at radius 1 is 0.686 bits per heavy atom. The highest BCUT2D eigenvalue weighted by Gasteiger charge is 2.35. The van der Waals surface area contributed by atoms with Crippen LogP contribution in [-0.4, -0.2) is 52.0 Å². The van der Waals surface area contributed by atoms with Crippen molar-refractivity contribution in [2.45, 2.75) is 52.1 Å². The molecule has 0 radical (unpaired) electrons. The maximum Gasteiger partial charge on any atom is 0.338 e. The van der Waals surface area contributed by atoms with E-state index in [2.05, 4.69) is 40.0 Å². The molecule has 0 aliphatic rings. The Hall–Kier alpha value is -2.63. The van der Waals surface area contributed by atoms with Crippen LogP contribution in [0.15, 0.2) is 48.5 Å². The van der Waals surface area contributed by atoms with Gasteiger partial charge in [-0.05, 0) is 98.6 Å². The van der Waals surface area contributed by atoms with E-state index in [0.717, 1.165) is 12.1 Å². The molecule has 0 spiro atoms. The monoisotopic (exact) mass is 518 g/mol. The second-order valence-corrected chi connectivity index (χ2v) is 19.2. The summed E-state index contributed by atoms with van der Waals surface area (Å²) in [6.45, 7) is 13.5. The van der Waals surface area contributed by atoms with E-state index >= 15 is 0 Å². The molecule has 2 rings (SSSR count). The van der Waals surface area contributed by atoms with Crippen LogP contribution >= 0.6 is 0 Å². The highest BCUT2D eigenvalue weighted by Crippen LogP contribution is 2.28. The van der Waals surface area contributed by atoms with Crippen molar-refractivity contribution in [1.82, 2.24) is 0 Å². The van der Waals surface area contributed by atoms with Gasteiger partial charge >= 0.3 is 11.9 Å². The number of hydrogen-bond acceptors (Lipinski definition) is 7. The van der Waals surface area contributed by atoms with Crippen molar-refractivity contribution in [3.8, 4) is 11.5 Å². The molecular formula is C26H38O7Si2. The minimum atomic E-state index is -2.02. The van der Waals surface area contributed by atoms with E-state index in [1.165, 1.54) is 24.3 Å². The molecule has 2 N–H and O–H groups in total. The van der Waals surface area contributed by atoms with E-state index in [1.54, 1.807) is 24.3 Å². The Morgan fingerprint density at radius 2 is 1.00 bits per heavy atom. The fourth-order valence-electron chi connectivity index (χ4n) is 4.43. The van der Waals surface area contributed by atoms with E-state index in [4.69, 9.17) is 13.6 Å². The van der Waals surface area contributed by atoms with Gasteiger partial charge in [0.05, 0.1) is 24.3 Å². The number of hydrogen-bond donors (Lipinski definition) is 2. The molecule has 0 saturated carbocycles. The van der Waals surface area contributed by atoms with Crippen molar-refractivity contribution < 1.29 is 33.4 Å². The van der Waals surface area contributed by atoms with Gasteiger partial charge in [-0.3, -0.25) is 0 Å². The summed E-state index contributed by atoms with van der Waals surface area (Å²) in [6, 6.07) is 13.7. The number of esters is 2. The van der Waals surface area contributed by atoms with Crippen molar-refractivity contribution in [3.05, 3.63) is 59.7 Å². The summed E-state index contributed by atoms with van der Waals surface area (Å²) in [5.41, 5.74) is 0.827. The molecule has 2 aromatic carbocycles. The molecule has 0 heterocycles. The molecule has 9 heteroatoms. The van der Waals surface area contributed by atoms with E-state index in [-0.39, 0.29) is 23.3 Å². The van der Waals surface area contributed by atoms with Gasteiger partial charge in [0.2, 0.25) is 0 Å². The summed E-state index contributed by atoms with van der Waals surface area (Å²) in [5, 5.41) is 18.7. The highest BCUT2D eigenvalue weighted by atomic mass is 28.4. The Labute approximate surface area is 210 Å². The Balaban J connectivity index is 1.78. The number of carbonyl (C=O) groups is 2. The summed E-state index contributed by atoms with van der Waals surface area (Å²) >= 11 is 0. The van der Waals surface area contributed by atoms with Gasteiger partial charge in [0.25, 0.3) is 0 Å². The lowest BCUT2D eigenvalue weighted by Crippen LogP contribution is -2.46. The van der Waals surface area contributed by atoms with Crippen LogP contribution in [0.3, 0.4) is 0 Å². The third-order valence-electron chi connectivity index (χ3n) is 5.44. The fourth-order valence-corrected chi connectivity index (χ4v) is 14.7. The van der Waals surface area contributed by atoms with Gasteiger partial charge in [0, 0.05) is 0 Å². The second-order valence-electron chi connectivity index (χ2n) is 10.5. The van der Waals surface area contributed by atoms with Gasteiger partial charge in [-0.15, -0.1) is 0 Å². The zero-order valence-electron chi connectivity index (χ0n) is 21.5. The highest BCUT2D eigenvalue weighted by molar-refractivity contribution is 6.84. The lowest BCUT2D eigenvalue weighted by atomic mass is 10.2. The number of rotatable bonds is 12. The first-order valence-corrected chi connectivity index (χ1v) is 18.1. The molecule has 2 atom stereocenters. The summed E-state index contributed by atoms with van der Waals surface area (Å²) in [5.74, 6) is -0.268. The van der Waals surface area contributed by atoms with Gasteiger partial charge in [-0.2, -0.15) is 0 Å². The third-order valence-corrected chi connectivity index (χ3v) is 13.2. The number of carbonyl (C=O) groups excluding carboxylic acids is 2. The second kappa shape index (κ2) is 12.4. The van der Waals surface area contributed by atoms with E-state index in [0.29, 0.717) is 24.3 Å². The normalized spacial score (nSPS) is 13.7. The van der Waals surface area contributed by atoms with Gasteiger partial charge in [0.15, 0.2) is 16.6 Å². The van der Waals surface area contributed by atoms with E-state index in [9.17, 15) is 19.8 Å². The predicted molar refractivity (Wildman–Crippen MR) is 141 cm³/mol. The first-order valence-electron chi connectivity index (χ1n) is 11.9. The minimum absolute atomic E-state index is 0.108. The summed E-state index contributed by atoms with van der Waals surface area (Å²) in [4.78, 5) is 24.5. The molecule has 35 heavy (non-hydrogen) atoms. The van der Waals surface area contributed by atoms with Crippen LogP contribution in [0.25, 0.3) is 0 Å². The van der Waals surface area contributed by atoms with Gasteiger partial charge in [-0.1, -0.05) is 13.8 Å². The molecule has 0 amide bonds. The van der Waals surface area contributed by atoms with E-state index < -0.39 is 28.6 Å². The topological polar surface area (TPSA) is 102 Å². The van der Waals surface area contributed by atoms with Gasteiger partial charge in [-0.25, -0.2) is 9.59 Å². The summed E-state index contributed by atoms with van der Waals surface area (Å²) < 4.78 is 17.6. The average molecular weight is 519 g/mol. The SMILES string of the molecule is CC(COC(=O)c1ccc(O)cc1)C[Si](C)(C)O[Si](C)(C)CC(C)COC(=O)c1ccc(O)cc1. The molecule has 0 bridgehead atoms. The zero-order chi connectivity index (χ0) is 26.2. The van der Waals surface area contributed by atoms with Crippen LogP contribution in [0, 0.1) is 11.8 Å². The Bertz CT molecular complexity index is 893. The number of phenols is 2. The molecule has 192 valence electrons. The smallest absolute Gasteiger partial charge is 0.338 e. The van der Waals surface area contributed by atoms with Crippen molar-refractivity contribution in [3.63, 3.8) is 0 Å². The molecule has 2 unspecified atom stereocenters. The van der Waals surface area contributed by atoms with Gasteiger partial charge < -0.3 is 23.8 Å². The van der Waals surface area contributed by atoms with Crippen LogP contribution in [-0.2, 0) is 13.6 Å². The first kappa shape index (κ1) is 28.6. The quantitative estimate of drug-likeness (QED) is 0.270. The van der Waals surface area contributed by atoms with Crippen LogP contribution in [0.4, 0.5) is 0 Å². The maximum atomic E-state index is 12.2. The Kier molecular flexibility index (Phi) is 10.1. The Morgan fingerprint density at radius 3 is 1.31 bits per heavy atom. The van der Waals surface area contributed by atoms with Crippen LogP contribution in [0.2, 0.25) is 38.3 Å². The van der Waals surface area contributed by atoms with Crippen LogP contribution in [0.1, 0.15) is 34.6 Å². The lowest BCUT2D eigenvalue weighted by Gasteiger charge is -2.36. The van der Waals surface area contributed by atoms with Crippen LogP contribution < -0.4 is 0 Å². The molecular weight excluding hydrogens is 480 g/mol. The largest absolute Gasteiger partial charge is 0.508 e. The molecule has 0 aliphatic carbocycles. The molecule has 2 aromatic rings. The summed E-state index contributed by atoms with van der Waals surface area (Å²) in [6.07, 6.45) is 0. The number of ether oxygens (including phenoxy) is 2. The molecule has 0 saturated heterocycles. The lowest BCUT2D eigenvalue weighted by molar-refractivity contribution is 0.0450.